The van der Waals surface area contributed by atoms with Crippen molar-refractivity contribution in [2.24, 2.45) is 5.73 Å². The number of anilines is 1. The second-order valence-electron chi connectivity index (χ2n) is 6.45. The van der Waals surface area contributed by atoms with Crippen molar-refractivity contribution in [3.05, 3.63) is 47.8 Å². The Morgan fingerprint density at radius 2 is 1.96 bits per heavy atom. The number of nitrogens with one attached hydrogen (secondary N) is 1. The fraction of sp³-hybridized carbons (Fsp3) is 0.263. The number of amides is 2. The van der Waals surface area contributed by atoms with Crippen LogP contribution in [0.5, 0.6) is 5.75 Å². The second-order valence-corrected chi connectivity index (χ2v) is 6.45. The number of aromatic nitrogens is 3. The molecule has 0 unspecified atom stereocenters. The number of hydrogen-bond acceptors (Lipinski definition) is 5. The van der Waals surface area contributed by atoms with E-state index < -0.39 is 5.91 Å². The van der Waals surface area contributed by atoms with E-state index >= 15 is 0 Å². The Balaban J connectivity index is 1.78. The first kappa shape index (κ1) is 18.4. The third-order valence-electron chi connectivity index (χ3n) is 3.99. The molecule has 0 aliphatic rings. The molecule has 3 aromatic rings. The molecule has 0 spiro atoms. The number of fused-ring (bicyclic) bond motifs is 1. The average molecular weight is 367 g/mol. The molecule has 0 radical (unpaired) electrons. The fourth-order valence-corrected chi connectivity index (χ4v) is 2.66. The molecule has 0 atom stereocenters. The lowest BCUT2D eigenvalue weighted by Gasteiger charge is -2.10. The molecule has 8 heteroatoms. The smallest absolute Gasteiger partial charge is 0.257 e. The molecule has 27 heavy (non-hydrogen) atoms. The molecule has 0 bridgehead atoms. The van der Waals surface area contributed by atoms with E-state index in [0.717, 1.165) is 11.0 Å². The molecule has 2 amide bonds. The Labute approximate surface area is 156 Å². The minimum absolute atomic E-state index is 0.185. The summed E-state index contributed by atoms with van der Waals surface area (Å²) in [5.41, 5.74) is 7.51. The maximum atomic E-state index is 12.6. The topological polar surface area (TPSA) is 112 Å². The molecule has 8 nitrogen and oxygen atoms in total. The van der Waals surface area contributed by atoms with Crippen molar-refractivity contribution < 1.29 is 14.3 Å². The number of hydrogen-bond donors (Lipinski definition) is 2. The van der Waals surface area contributed by atoms with Gasteiger partial charge in [0.2, 0.25) is 0 Å². The van der Waals surface area contributed by atoms with Crippen molar-refractivity contribution in [1.82, 2.24) is 14.8 Å². The van der Waals surface area contributed by atoms with Gasteiger partial charge in [0.05, 0.1) is 17.5 Å². The molecule has 140 valence electrons. The van der Waals surface area contributed by atoms with E-state index in [1.54, 1.807) is 43.5 Å². The highest BCUT2D eigenvalue weighted by molar-refractivity contribution is 6.06. The summed E-state index contributed by atoms with van der Waals surface area (Å²) >= 11 is 0. The number of benzene rings is 1. The number of pyridine rings is 1. The average Bonchev–Trinajstić information content (AvgIpc) is 3.03. The fourth-order valence-electron chi connectivity index (χ4n) is 2.66. The van der Waals surface area contributed by atoms with Gasteiger partial charge >= 0.3 is 0 Å². The van der Waals surface area contributed by atoms with E-state index in [-0.39, 0.29) is 18.6 Å². The summed E-state index contributed by atoms with van der Waals surface area (Å²) in [6.07, 6.45) is 1.71. The highest BCUT2D eigenvalue weighted by atomic mass is 16.5. The lowest BCUT2D eigenvalue weighted by Crippen LogP contribution is -2.20. The summed E-state index contributed by atoms with van der Waals surface area (Å²) in [7, 11) is 0. The quantitative estimate of drug-likeness (QED) is 0.695. The first-order chi connectivity index (χ1) is 12.8. The highest BCUT2D eigenvalue weighted by Gasteiger charge is 2.15. The molecule has 2 heterocycles. The van der Waals surface area contributed by atoms with Gasteiger partial charge < -0.3 is 15.8 Å². The number of rotatable bonds is 6. The van der Waals surface area contributed by atoms with Crippen molar-refractivity contribution >= 4 is 28.5 Å². The van der Waals surface area contributed by atoms with Crippen LogP contribution in [0.4, 0.5) is 5.69 Å². The predicted molar refractivity (Wildman–Crippen MR) is 102 cm³/mol. The van der Waals surface area contributed by atoms with E-state index in [2.05, 4.69) is 15.4 Å². The van der Waals surface area contributed by atoms with Crippen LogP contribution in [0.2, 0.25) is 0 Å². The number of carbonyl (C=O) groups excluding carboxylic acids is 2. The maximum Gasteiger partial charge on any atom is 0.257 e. The maximum absolute atomic E-state index is 12.6. The summed E-state index contributed by atoms with van der Waals surface area (Å²) in [6.45, 7) is 5.66. The lowest BCUT2D eigenvalue weighted by molar-refractivity contribution is -0.119. The molecule has 1 aromatic carbocycles. The molecule has 3 rings (SSSR count). The zero-order valence-electron chi connectivity index (χ0n) is 15.4. The lowest BCUT2D eigenvalue weighted by atomic mass is 10.1. The van der Waals surface area contributed by atoms with Gasteiger partial charge in [-0.3, -0.25) is 9.59 Å². The molecule has 0 aliphatic heterocycles. The van der Waals surface area contributed by atoms with E-state index in [0.29, 0.717) is 22.7 Å². The van der Waals surface area contributed by atoms with Crippen molar-refractivity contribution in [2.75, 3.05) is 11.9 Å². The molecule has 0 saturated heterocycles. The molecular weight excluding hydrogens is 346 g/mol. The van der Waals surface area contributed by atoms with Crippen LogP contribution in [0, 0.1) is 6.92 Å². The SMILES string of the molecule is Cc1nc2c(cnn2C(C)C)cc1C(=O)Nc1ccc(OCC(N)=O)cc1. The summed E-state index contributed by atoms with van der Waals surface area (Å²) in [6, 6.07) is 8.66. The van der Waals surface area contributed by atoms with Gasteiger partial charge in [0.15, 0.2) is 12.3 Å². The third kappa shape index (κ3) is 4.05. The number of carbonyl (C=O) groups is 2. The molecule has 0 aliphatic carbocycles. The van der Waals surface area contributed by atoms with Gasteiger partial charge in [0.25, 0.3) is 11.8 Å². The zero-order chi connectivity index (χ0) is 19.6. The molecule has 3 N–H and O–H groups in total. The van der Waals surface area contributed by atoms with Crippen LogP contribution in [-0.2, 0) is 4.79 Å². The number of aryl methyl sites for hydroxylation is 1. The molecule has 0 saturated carbocycles. The van der Waals surface area contributed by atoms with Gasteiger partial charge in [0.1, 0.15) is 5.75 Å². The van der Waals surface area contributed by atoms with Crippen LogP contribution < -0.4 is 15.8 Å². The van der Waals surface area contributed by atoms with Crippen molar-refractivity contribution in [1.29, 1.82) is 0 Å². The van der Waals surface area contributed by atoms with E-state index in [4.69, 9.17) is 10.5 Å². The minimum atomic E-state index is -0.550. The standard InChI is InChI=1S/C19H21N5O3/c1-11(2)24-18-13(9-21-24)8-16(12(3)22-18)19(26)23-14-4-6-15(7-5-14)27-10-17(20)25/h4-9,11H,10H2,1-3H3,(H2,20,25)(H,23,26). The predicted octanol–water partition coefficient (Wildman–Crippen LogP) is 2.44. The Hall–Kier alpha value is -3.42. The van der Waals surface area contributed by atoms with Gasteiger partial charge in [-0.15, -0.1) is 0 Å². The zero-order valence-corrected chi connectivity index (χ0v) is 15.4. The largest absolute Gasteiger partial charge is 0.484 e. The van der Waals surface area contributed by atoms with Gasteiger partial charge in [-0.2, -0.15) is 5.10 Å². The van der Waals surface area contributed by atoms with E-state index in [9.17, 15) is 9.59 Å². The summed E-state index contributed by atoms with van der Waals surface area (Å²) in [4.78, 5) is 27.9. The van der Waals surface area contributed by atoms with E-state index in [1.807, 2.05) is 18.5 Å². The van der Waals surface area contributed by atoms with Crippen molar-refractivity contribution in [3.63, 3.8) is 0 Å². The van der Waals surface area contributed by atoms with Crippen LogP contribution >= 0.6 is 0 Å². The Bertz CT molecular complexity index is 992. The van der Waals surface area contributed by atoms with Gasteiger partial charge in [-0.05, 0) is 51.1 Å². The van der Waals surface area contributed by atoms with Gasteiger partial charge in [-0.25, -0.2) is 9.67 Å². The van der Waals surface area contributed by atoms with Gasteiger partial charge in [0, 0.05) is 17.1 Å². The van der Waals surface area contributed by atoms with Crippen LogP contribution in [0.3, 0.4) is 0 Å². The summed E-state index contributed by atoms with van der Waals surface area (Å²) < 4.78 is 7.02. The van der Waals surface area contributed by atoms with Crippen LogP contribution in [-0.4, -0.2) is 33.2 Å². The third-order valence-corrected chi connectivity index (χ3v) is 3.99. The Morgan fingerprint density at radius 1 is 1.26 bits per heavy atom. The normalized spacial score (nSPS) is 11.0. The monoisotopic (exact) mass is 367 g/mol. The first-order valence-corrected chi connectivity index (χ1v) is 8.52. The molecule has 2 aromatic heterocycles. The Kier molecular flexibility index (Phi) is 5.07. The van der Waals surface area contributed by atoms with Crippen molar-refractivity contribution in [2.45, 2.75) is 26.8 Å². The summed E-state index contributed by atoms with van der Waals surface area (Å²) in [5.74, 6) is -0.316. The molecule has 0 fully saturated rings. The van der Waals surface area contributed by atoms with E-state index in [1.165, 1.54) is 0 Å². The summed E-state index contributed by atoms with van der Waals surface area (Å²) in [5, 5.41) is 7.98. The number of primary amides is 1. The number of nitrogens with zero attached hydrogens (tertiary/aromatic N) is 3. The van der Waals surface area contributed by atoms with Crippen LogP contribution in [0.25, 0.3) is 11.0 Å². The highest BCUT2D eigenvalue weighted by Crippen LogP contribution is 2.21. The number of ether oxygens (including phenoxy) is 1. The van der Waals surface area contributed by atoms with Gasteiger partial charge in [-0.1, -0.05) is 0 Å². The number of nitrogens with two attached hydrogens (primary N) is 1. The second kappa shape index (κ2) is 7.45. The van der Waals surface area contributed by atoms with Crippen LogP contribution in [0.1, 0.15) is 35.9 Å². The Morgan fingerprint density at radius 3 is 2.59 bits per heavy atom. The van der Waals surface area contributed by atoms with Crippen molar-refractivity contribution in [3.8, 4) is 5.75 Å². The van der Waals surface area contributed by atoms with Crippen LogP contribution in [0.15, 0.2) is 36.5 Å². The molecular formula is C19H21N5O3. The first-order valence-electron chi connectivity index (χ1n) is 8.52. The minimum Gasteiger partial charge on any atom is -0.484 e.